The molecule has 2 aromatic rings. The van der Waals surface area contributed by atoms with Crippen LogP contribution in [-0.4, -0.2) is 59.7 Å². The molecule has 146 valence electrons. The molecule has 0 saturated carbocycles. The Morgan fingerprint density at radius 1 is 1.11 bits per heavy atom. The molecule has 1 aliphatic heterocycles. The van der Waals surface area contributed by atoms with Gasteiger partial charge in [-0.1, -0.05) is 12.1 Å². The molecule has 1 fully saturated rings. The number of nitrogens with zero attached hydrogens (tertiary/aromatic N) is 4. The molecular formula is C20H23N5O3. The predicted molar refractivity (Wildman–Crippen MR) is 107 cm³/mol. The minimum absolute atomic E-state index is 0.136. The summed E-state index contributed by atoms with van der Waals surface area (Å²) >= 11 is 0. The summed E-state index contributed by atoms with van der Waals surface area (Å²) in [5.74, 6) is 0.314. The number of hydrogen-bond donors (Lipinski definition) is 1. The Morgan fingerprint density at radius 2 is 1.79 bits per heavy atom. The highest BCUT2D eigenvalue weighted by molar-refractivity contribution is 5.90. The normalized spacial score (nSPS) is 14.2. The number of piperazine rings is 1. The first-order valence-electron chi connectivity index (χ1n) is 9.18. The third-order valence-corrected chi connectivity index (χ3v) is 4.26. The van der Waals surface area contributed by atoms with Gasteiger partial charge in [-0.3, -0.25) is 0 Å². The zero-order valence-corrected chi connectivity index (χ0v) is 15.7. The van der Waals surface area contributed by atoms with E-state index < -0.39 is 0 Å². The van der Waals surface area contributed by atoms with Gasteiger partial charge in [-0.05, 0) is 36.8 Å². The van der Waals surface area contributed by atoms with Gasteiger partial charge in [0.15, 0.2) is 0 Å². The first-order valence-corrected chi connectivity index (χ1v) is 9.18. The van der Waals surface area contributed by atoms with Gasteiger partial charge in [-0.25, -0.2) is 19.6 Å². The Morgan fingerprint density at radius 3 is 2.43 bits per heavy atom. The molecule has 8 nitrogen and oxygen atoms in total. The number of benzene rings is 1. The molecular weight excluding hydrogens is 358 g/mol. The zero-order valence-electron chi connectivity index (χ0n) is 15.7. The van der Waals surface area contributed by atoms with Gasteiger partial charge >= 0.3 is 12.0 Å². The lowest BCUT2D eigenvalue weighted by atomic mass is 10.2. The summed E-state index contributed by atoms with van der Waals surface area (Å²) in [4.78, 5) is 36.1. The molecule has 0 radical (unpaired) electrons. The third kappa shape index (κ3) is 5.29. The monoisotopic (exact) mass is 381 g/mol. The lowest BCUT2D eigenvalue weighted by Gasteiger charge is -2.34. The number of rotatable bonds is 5. The van der Waals surface area contributed by atoms with Crippen molar-refractivity contribution >= 4 is 29.7 Å². The molecule has 0 bridgehead atoms. The predicted octanol–water partition coefficient (Wildman–Crippen LogP) is 2.41. The number of carbonyl (C=O) groups is 2. The molecule has 2 amide bonds. The molecule has 1 aromatic heterocycles. The standard InChI is InChI=1S/C20H23N5O3/c1-2-28-18(26)9-6-16-4-7-17(8-5-16)23-20(27)25-14-12-24(13-15-25)19-21-10-3-11-22-19/h3-11H,2,12-15H2,1H3,(H,23,27). The van der Waals surface area contributed by atoms with Gasteiger partial charge in [-0.2, -0.15) is 0 Å². The summed E-state index contributed by atoms with van der Waals surface area (Å²) in [6.45, 7) is 4.69. The topological polar surface area (TPSA) is 87.7 Å². The number of amides is 2. The molecule has 1 aromatic carbocycles. The fourth-order valence-electron chi connectivity index (χ4n) is 2.80. The van der Waals surface area contributed by atoms with Crippen molar-refractivity contribution in [3.8, 4) is 0 Å². The van der Waals surface area contributed by atoms with Crippen molar-refractivity contribution in [1.82, 2.24) is 14.9 Å². The molecule has 1 saturated heterocycles. The Labute approximate surface area is 163 Å². The first-order chi connectivity index (χ1) is 13.7. The maximum absolute atomic E-state index is 12.5. The van der Waals surface area contributed by atoms with Crippen LogP contribution in [0.2, 0.25) is 0 Å². The van der Waals surface area contributed by atoms with Crippen LogP contribution >= 0.6 is 0 Å². The highest BCUT2D eigenvalue weighted by Crippen LogP contribution is 2.14. The second-order valence-corrected chi connectivity index (χ2v) is 6.16. The Hall–Kier alpha value is -3.42. The molecule has 0 spiro atoms. The van der Waals surface area contributed by atoms with E-state index in [-0.39, 0.29) is 12.0 Å². The van der Waals surface area contributed by atoms with Crippen LogP contribution in [0.15, 0.2) is 48.8 Å². The molecule has 28 heavy (non-hydrogen) atoms. The van der Waals surface area contributed by atoms with Crippen molar-refractivity contribution in [2.24, 2.45) is 0 Å². The molecule has 1 N–H and O–H groups in total. The van der Waals surface area contributed by atoms with Crippen LogP contribution in [0.5, 0.6) is 0 Å². The van der Waals surface area contributed by atoms with E-state index in [4.69, 9.17) is 4.74 Å². The summed E-state index contributed by atoms with van der Waals surface area (Å²) in [5, 5.41) is 2.90. The smallest absolute Gasteiger partial charge is 0.330 e. The van der Waals surface area contributed by atoms with Gasteiger partial charge in [0.2, 0.25) is 5.95 Å². The maximum atomic E-state index is 12.5. The number of hydrogen-bond acceptors (Lipinski definition) is 6. The quantitative estimate of drug-likeness (QED) is 0.632. The number of nitrogens with one attached hydrogen (secondary N) is 1. The van der Waals surface area contributed by atoms with E-state index in [1.54, 1.807) is 48.5 Å². The van der Waals surface area contributed by atoms with Crippen LogP contribution in [0.3, 0.4) is 0 Å². The van der Waals surface area contributed by atoms with Crippen LogP contribution in [0.25, 0.3) is 6.08 Å². The number of aromatic nitrogens is 2. The van der Waals surface area contributed by atoms with E-state index in [2.05, 4.69) is 20.2 Å². The van der Waals surface area contributed by atoms with E-state index in [0.29, 0.717) is 44.4 Å². The highest BCUT2D eigenvalue weighted by Gasteiger charge is 2.22. The van der Waals surface area contributed by atoms with E-state index in [9.17, 15) is 9.59 Å². The summed E-state index contributed by atoms with van der Waals surface area (Å²) in [5.41, 5.74) is 1.55. The molecule has 3 rings (SSSR count). The number of esters is 1. The van der Waals surface area contributed by atoms with E-state index in [1.807, 2.05) is 12.1 Å². The van der Waals surface area contributed by atoms with Gasteiger partial charge in [-0.15, -0.1) is 0 Å². The fourth-order valence-corrected chi connectivity index (χ4v) is 2.80. The maximum Gasteiger partial charge on any atom is 0.330 e. The van der Waals surface area contributed by atoms with E-state index in [0.717, 1.165) is 5.56 Å². The minimum atomic E-state index is -0.375. The first kappa shape index (κ1) is 19.3. The minimum Gasteiger partial charge on any atom is -0.463 e. The summed E-state index contributed by atoms with van der Waals surface area (Å²) in [7, 11) is 0. The second-order valence-electron chi connectivity index (χ2n) is 6.16. The fraction of sp³-hybridized carbons (Fsp3) is 0.300. The lowest BCUT2D eigenvalue weighted by molar-refractivity contribution is -0.137. The van der Waals surface area contributed by atoms with Crippen molar-refractivity contribution in [3.63, 3.8) is 0 Å². The Balaban J connectivity index is 1.49. The average molecular weight is 381 g/mol. The van der Waals surface area contributed by atoms with Crippen LogP contribution in [0, 0.1) is 0 Å². The molecule has 0 aliphatic carbocycles. The van der Waals surface area contributed by atoms with Gasteiger partial charge in [0.1, 0.15) is 0 Å². The van der Waals surface area contributed by atoms with Crippen molar-refractivity contribution in [2.75, 3.05) is 43.0 Å². The van der Waals surface area contributed by atoms with Gasteiger partial charge in [0.05, 0.1) is 6.61 Å². The highest BCUT2D eigenvalue weighted by atomic mass is 16.5. The SMILES string of the molecule is CCOC(=O)C=Cc1ccc(NC(=O)N2CCN(c3ncccn3)CC2)cc1. The number of anilines is 2. The molecule has 1 aliphatic rings. The Bertz CT molecular complexity index is 815. The van der Waals surface area contributed by atoms with Gasteiger partial charge < -0.3 is 19.9 Å². The van der Waals surface area contributed by atoms with Crippen LogP contribution in [0.4, 0.5) is 16.4 Å². The van der Waals surface area contributed by atoms with Crippen LogP contribution in [0.1, 0.15) is 12.5 Å². The van der Waals surface area contributed by atoms with Crippen molar-refractivity contribution in [2.45, 2.75) is 6.92 Å². The van der Waals surface area contributed by atoms with Crippen molar-refractivity contribution in [3.05, 3.63) is 54.4 Å². The summed E-state index contributed by atoms with van der Waals surface area (Å²) in [6, 6.07) is 8.91. The molecule has 0 unspecified atom stereocenters. The van der Waals surface area contributed by atoms with Crippen LogP contribution < -0.4 is 10.2 Å². The van der Waals surface area contributed by atoms with Crippen LogP contribution in [-0.2, 0) is 9.53 Å². The number of ether oxygens (including phenoxy) is 1. The largest absolute Gasteiger partial charge is 0.463 e. The average Bonchev–Trinajstić information content (AvgIpc) is 2.74. The van der Waals surface area contributed by atoms with Gasteiger partial charge in [0, 0.05) is 50.3 Å². The molecule has 2 heterocycles. The van der Waals surface area contributed by atoms with E-state index in [1.165, 1.54) is 6.08 Å². The summed E-state index contributed by atoms with van der Waals surface area (Å²) in [6.07, 6.45) is 6.49. The third-order valence-electron chi connectivity index (χ3n) is 4.26. The molecule has 8 heteroatoms. The Kier molecular flexibility index (Phi) is 6.56. The van der Waals surface area contributed by atoms with Crippen molar-refractivity contribution < 1.29 is 14.3 Å². The number of urea groups is 1. The van der Waals surface area contributed by atoms with E-state index >= 15 is 0 Å². The van der Waals surface area contributed by atoms with Crippen molar-refractivity contribution in [1.29, 1.82) is 0 Å². The lowest BCUT2D eigenvalue weighted by Crippen LogP contribution is -2.50. The zero-order chi connectivity index (χ0) is 19.8. The number of carbonyl (C=O) groups excluding carboxylic acids is 2. The molecule has 0 atom stereocenters. The van der Waals surface area contributed by atoms with Gasteiger partial charge in [0.25, 0.3) is 0 Å². The second kappa shape index (κ2) is 9.50. The summed E-state index contributed by atoms with van der Waals surface area (Å²) < 4.78 is 4.84.